The molecule has 28 heavy (non-hydrogen) atoms. The highest BCUT2D eigenvalue weighted by molar-refractivity contribution is 5.93. The van der Waals surface area contributed by atoms with Crippen LogP contribution in [0.15, 0.2) is 42.5 Å². The summed E-state index contributed by atoms with van der Waals surface area (Å²) in [6, 6.07) is 13.4. The molecule has 3 rings (SSSR count). The minimum Gasteiger partial charge on any atom is -0.482 e. The van der Waals surface area contributed by atoms with E-state index in [2.05, 4.69) is 10.2 Å². The first-order chi connectivity index (χ1) is 13.5. The predicted molar refractivity (Wildman–Crippen MR) is 109 cm³/mol. The highest BCUT2D eigenvalue weighted by Gasteiger charge is 2.13. The molecule has 0 atom stereocenters. The summed E-state index contributed by atoms with van der Waals surface area (Å²) in [5.74, 6) is -0.335. The molecular formula is C22H26N2O4. The van der Waals surface area contributed by atoms with Gasteiger partial charge in [0.25, 0.3) is 5.91 Å². The molecule has 2 aromatic carbocycles. The van der Waals surface area contributed by atoms with Gasteiger partial charge >= 0.3 is 5.97 Å². The summed E-state index contributed by atoms with van der Waals surface area (Å²) in [4.78, 5) is 26.1. The third-order valence-corrected chi connectivity index (χ3v) is 4.66. The van der Waals surface area contributed by atoms with Crippen molar-refractivity contribution in [3.05, 3.63) is 53.6 Å². The van der Waals surface area contributed by atoms with E-state index in [0.29, 0.717) is 11.4 Å². The van der Waals surface area contributed by atoms with Gasteiger partial charge in [0.15, 0.2) is 13.2 Å². The van der Waals surface area contributed by atoms with Crippen LogP contribution in [0.5, 0.6) is 5.75 Å². The van der Waals surface area contributed by atoms with E-state index in [9.17, 15) is 9.59 Å². The monoisotopic (exact) mass is 382 g/mol. The van der Waals surface area contributed by atoms with E-state index in [1.54, 1.807) is 0 Å². The Bertz CT molecular complexity index is 827. The van der Waals surface area contributed by atoms with Crippen molar-refractivity contribution in [3.8, 4) is 5.75 Å². The van der Waals surface area contributed by atoms with Crippen LogP contribution in [-0.2, 0) is 14.3 Å². The Morgan fingerprint density at radius 1 is 1.00 bits per heavy atom. The van der Waals surface area contributed by atoms with Gasteiger partial charge in [-0.25, -0.2) is 4.79 Å². The normalized spacial score (nSPS) is 13.3. The third kappa shape index (κ3) is 5.49. The molecule has 1 fully saturated rings. The van der Waals surface area contributed by atoms with E-state index in [0.717, 1.165) is 29.9 Å². The van der Waals surface area contributed by atoms with Crippen molar-refractivity contribution >= 4 is 23.3 Å². The molecule has 1 amide bonds. The van der Waals surface area contributed by atoms with E-state index in [-0.39, 0.29) is 19.1 Å². The minimum absolute atomic E-state index is 0.234. The quantitative estimate of drug-likeness (QED) is 0.743. The third-order valence-electron chi connectivity index (χ3n) is 4.66. The molecule has 0 unspecified atom stereocenters. The number of carbonyl (C=O) groups excluding carboxylic acids is 2. The highest BCUT2D eigenvalue weighted by Crippen LogP contribution is 2.22. The van der Waals surface area contributed by atoms with Crippen LogP contribution in [-0.4, -0.2) is 38.2 Å². The van der Waals surface area contributed by atoms with Gasteiger partial charge in [0.1, 0.15) is 5.75 Å². The van der Waals surface area contributed by atoms with Gasteiger partial charge in [0.05, 0.1) is 0 Å². The lowest BCUT2D eigenvalue weighted by molar-refractivity contribution is -0.149. The number of rotatable bonds is 7. The first-order valence-corrected chi connectivity index (χ1v) is 9.52. The average Bonchev–Trinajstić information content (AvgIpc) is 3.21. The Balaban J connectivity index is 1.40. The van der Waals surface area contributed by atoms with Crippen molar-refractivity contribution < 1.29 is 19.1 Å². The standard InChI is InChI=1S/C22H26N2O4/c1-16-5-10-20(17(2)13-16)27-15-22(26)28-14-21(25)23-18-6-8-19(9-7-18)24-11-3-4-12-24/h5-10,13H,3-4,11-12,14-15H2,1-2H3,(H,23,25). The average molecular weight is 382 g/mol. The molecule has 1 aliphatic rings. The summed E-state index contributed by atoms with van der Waals surface area (Å²) in [5, 5.41) is 2.73. The first kappa shape index (κ1) is 19.7. The Kier molecular flexibility index (Phi) is 6.53. The molecule has 6 heteroatoms. The zero-order valence-electron chi connectivity index (χ0n) is 16.4. The highest BCUT2D eigenvalue weighted by atomic mass is 16.6. The maximum absolute atomic E-state index is 12.0. The van der Waals surface area contributed by atoms with Gasteiger partial charge in [0, 0.05) is 24.5 Å². The lowest BCUT2D eigenvalue weighted by atomic mass is 10.1. The van der Waals surface area contributed by atoms with E-state index >= 15 is 0 Å². The SMILES string of the molecule is Cc1ccc(OCC(=O)OCC(=O)Nc2ccc(N3CCCC3)cc2)c(C)c1. The van der Waals surface area contributed by atoms with Crippen molar-refractivity contribution in [1.82, 2.24) is 0 Å². The van der Waals surface area contributed by atoms with Crippen LogP contribution in [0.3, 0.4) is 0 Å². The van der Waals surface area contributed by atoms with E-state index in [1.807, 2.05) is 56.3 Å². The number of nitrogens with one attached hydrogen (secondary N) is 1. The molecule has 1 aliphatic heterocycles. The van der Waals surface area contributed by atoms with E-state index in [1.165, 1.54) is 12.8 Å². The molecule has 0 radical (unpaired) electrons. The summed E-state index contributed by atoms with van der Waals surface area (Å²) >= 11 is 0. The Hall–Kier alpha value is -3.02. The molecule has 148 valence electrons. The molecule has 6 nitrogen and oxygen atoms in total. The van der Waals surface area contributed by atoms with Gasteiger partial charge in [-0.3, -0.25) is 4.79 Å². The van der Waals surface area contributed by atoms with Crippen LogP contribution >= 0.6 is 0 Å². The molecule has 0 aromatic heterocycles. The Morgan fingerprint density at radius 3 is 2.39 bits per heavy atom. The predicted octanol–water partition coefficient (Wildman–Crippen LogP) is 3.46. The number of anilines is 2. The van der Waals surface area contributed by atoms with Gasteiger partial charge in [-0.15, -0.1) is 0 Å². The summed E-state index contributed by atoms with van der Waals surface area (Å²) in [7, 11) is 0. The van der Waals surface area contributed by atoms with E-state index in [4.69, 9.17) is 9.47 Å². The van der Waals surface area contributed by atoms with Crippen molar-refractivity contribution in [2.75, 3.05) is 36.5 Å². The maximum Gasteiger partial charge on any atom is 0.344 e. The van der Waals surface area contributed by atoms with Crippen molar-refractivity contribution in [2.24, 2.45) is 0 Å². The second-order valence-electron chi connectivity index (χ2n) is 7.01. The largest absolute Gasteiger partial charge is 0.482 e. The van der Waals surface area contributed by atoms with Crippen molar-refractivity contribution in [2.45, 2.75) is 26.7 Å². The van der Waals surface area contributed by atoms with E-state index < -0.39 is 5.97 Å². The molecular weight excluding hydrogens is 356 g/mol. The number of hydrogen-bond donors (Lipinski definition) is 1. The number of aryl methyl sites for hydroxylation is 2. The molecule has 0 bridgehead atoms. The van der Waals surface area contributed by atoms with Gasteiger partial charge in [-0.2, -0.15) is 0 Å². The number of benzene rings is 2. The number of carbonyl (C=O) groups is 2. The van der Waals surface area contributed by atoms with Crippen molar-refractivity contribution in [3.63, 3.8) is 0 Å². The summed E-state index contributed by atoms with van der Waals surface area (Å²) < 4.78 is 10.4. The molecule has 0 saturated carbocycles. The Labute approximate surface area is 165 Å². The minimum atomic E-state index is -0.584. The zero-order chi connectivity index (χ0) is 19.9. The Morgan fingerprint density at radius 2 is 1.71 bits per heavy atom. The fourth-order valence-electron chi connectivity index (χ4n) is 3.21. The van der Waals surface area contributed by atoms with Crippen LogP contribution < -0.4 is 15.0 Å². The summed E-state index contributed by atoms with van der Waals surface area (Å²) in [6.07, 6.45) is 2.44. The molecule has 0 spiro atoms. The number of ether oxygens (including phenoxy) is 2. The summed E-state index contributed by atoms with van der Waals surface area (Å²) in [5.41, 5.74) is 3.90. The van der Waals surface area contributed by atoms with Crippen molar-refractivity contribution in [1.29, 1.82) is 0 Å². The molecule has 0 aliphatic carbocycles. The van der Waals surface area contributed by atoms with Gasteiger partial charge in [-0.1, -0.05) is 17.7 Å². The van der Waals surface area contributed by atoms with Gasteiger partial charge in [-0.05, 0) is 62.6 Å². The molecule has 1 saturated heterocycles. The van der Waals surface area contributed by atoms with Crippen LogP contribution in [0.1, 0.15) is 24.0 Å². The smallest absolute Gasteiger partial charge is 0.344 e. The van der Waals surface area contributed by atoms with Crippen LogP contribution in [0.25, 0.3) is 0 Å². The topological polar surface area (TPSA) is 67.9 Å². The lowest BCUT2D eigenvalue weighted by Crippen LogP contribution is -2.23. The number of amides is 1. The fourth-order valence-corrected chi connectivity index (χ4v) is 3.21. The maximum atomic E-state index is 12.0. The van der Waals surface area contributed by atoms with Crippen LogP contribution in [0.2, 0.25) is 0 Å². The van der Waals surface area contributed by atoms with Crippen LogP contribution in [0.4, 0.5) is 11.4 Å². The number of nitrogens with zero attached hydrogens (tertiary/aromatic N) is 1. The second kappa shape index (κ2) is 9.26. The zero-order valence-corrected chi connectivity index (χ0v) is 16.4. The number of esters is 1. The lowest BCUT2D eigenvalue weighted by Gasteiger charge is -2.17. The molecule has 2 aromatic rings. The van der Waals surface area contributed by atoms with Gasteiger partial charge in [0.2, 0.25) is 0 Å². The fraction of sp³-hybridized carbons (Fsp3) is 0.364. The number of hydrogen-bond acceptors (Lipinski definition) is 5. The molecule has 1 heterocycles. The van der Waals surface area contributed by atoms with Gasteiger partial charge < -0.3 is 19.7 Å². The van der Waals surface area contributed by atoms with Crippen LogP contribution in [0, 0.1) is 13.8 Å². The first-order valence-electron chi connectivity index (χ1n) is 9.52. The second-order valence-corrected chi connectivity index (χ2v) is 7.01. The summed E-state index contributed by atoms with van der Waals surface area (Å²) in [6.45, 7) is 5.47. The molecule has 1 N–H and O–H groups in total.